The molecule has 29 heavy (non-hydrogen) atoms. The van der Waals surface area contributed by atoms with Crippen molar-refractivity contribution in [3.8, 4) is 0 Å². The minimum absolute atomic E-state index is 0.0279. The van der Waals surface area contributed by atoms with Gasteiger partial charge >= 0.3 is 5.63 Å². The van der Waals surface area contributed by atoms with Crippen molar-refractivity contribution in [1.82, 2.24) is 5.32 Å². The van der Waals surface area contributed by atoms with Crippen molar-refractivity contribution in [2.75, 3.05) is 6.54 Å². The molecule has 0 saturated carbocycles. The van der Waals surface area contributed by atoms with Crippen LogP contribution in [0.15, 0.2) is 48.8 Å². The number of benzene rings is 1. The molecule has 6 heteroatoms. The smallest absolute Gasteiger partial charge is 0.340 e. The molecule has 4 aromatic rings. The molecule has 0 atom stereocenters. The number of fused-ring (bicyclic) bond motifs is 3. The molecule has 3 aromatic heterocycles. The molecule has 0 aliphatic rings. The number of hydrogen-bond donors (Lipinski definition) is 1. The van der Waals surface area contributed by atoms with Gasteiger partial charge in [-0.15, -0.1) is 0 Å². The number of rotatable bonds is 6. The van der Waals surface area contributed by atoms with Crippen molar-refractivity contribution in [1.29, 1.82) is 0 Å². The van der Waals surface area contributed by atoms with Gasteiger partial charge in [0.05, 0.1) is 29.9 Å². The van der Waals surface area contributed by atoms with Crippen LogP contribution >= 0.6 is 0 Å². The van der Waals surface area contributed by atoms with Gasteiger partial charge in [-0.25, -0.2) is 4.79 Å². The maximum absolute atomic E-state index is 12.5. The van der Waals surface area contributed by atoms with E-state index in [-0.39, 0.29) is 12.3 Å². The first-order valence-electron chi connectivity index (χ1n) is 9.68. The van der Waals surface area contributed by atoms with Crippen LogP contribution in [0.25, 0.3) is 21.9 Å². The monoisotopic (exact) mass is 393 g/mol. The van der Waals surface area contributed by atoms with E-state index in [0.717, 1.165) is 46.1 Å². The SMILES string of the molecule is Cc1coc2c1c(C)cc1oc(=O)c(CC(=O)NCCCc3ccco3)c(C)c12. The Labute approximate surface area is 167 Å². The molecule has 3 heterocycles. The van der Waals surface area contributed by atoms with E-state index in [4.69, 9.17) is 13.3 Å². The molecule has 150 valence electrons. The molecular weight excluding hydrogens is 370 g/mol. The topological polar surface area (TPSA) is 85.6 Å². The molecule has 4 rings (SSSR count). The lowest BCUT2D eigenvalue weighted by Gasteiger charge is -2.10. The van der Waals surface area contributed by atoms with Crippen LogP contribution in [-0.4, -0.2) is 12.5 Å². The normalized spacial score (nSPS) is 11.4. The van der Waals surface area contributed by atoms with Gasteiger partial charge in [0.2, 0.25) is 5.91 Å². The van der Waals surface area contributed by atoms with Crippen LogP contribution in [0.5, 0.6) is 0 Å². The number of carbonyl (C=O) groups is 1. The molecular formula is C23H23NO5. The number of carbonyl (C=O) groups excluding carboxylic acids is 1. The fourth-order valence-electron chi connectivity index (χ4n) is 3.85. The summed E-state index contributed by atoms with van der Waals surface area (Å²) in [7, 11) is 0. The van der Waals surface area contributed by atoms with E-state index in [1.165, 1.54) is 0 Å². The Hall–Kier alpha value is -3.28. The third-order valence-electron chi connectivity index (χ3n) is 5.31. The molecule has 1 N–H and O–H groups in total. The highest BCUT2D eigenvalue weighted by Gasteiger charge is 2.19. The second-order valence-electron chi connectivity index (χ2n) is 7.39. The fourth-order valence-corrected chi connectivity index (χ4v) is 3.85. The van der Waals surface area contributed by atoms with Crippen molar-refractivity contribution in [3.05, 3.63) is 69.2 Å². The van der Waals surface area contributed by atoms with Crippen LogP contribution in [0, 0.1) is 20.8 Å². The third kappa shape index (κ3) is 3.58. The van der Waals surface area contributed by atoms with E-state index in [2.05, 4.69) is 5.32 Å². The second kappa shape index (κ2) is 7.62. The summed E-state index contributed by atoms with van der Waals surface area (Å²) in [5.74, 6) is 0.677. The van der Waals surface area contributed by atoms with Crippen molar-refractivity contribution in [2.45, 2.75) is 40.0 Å². The first kappa shape index (κ1) is 19.1. The zero-order valence-electron chi connectivity index (χ0n) is 16.8. The summed E-state index contributed by atoms with van der Waals surface area (Å²) in [4.78, 5) is 24.9. The first-order chi connectivity index (χ1) is 14.0. The van der Waals surface area contributed by atoms with Gasteiger partial charge < -0.3 is 18.6 Å². The standard InChI is InChI=1S/C23H23NO5/c1-13-10-18-21(22-20(13)14(2)12-28-22)15(3)17(23(26)29-18)11-19(25)24-8-4-6-16-7-5-9-27-16/h5,7,9-10,12H,4,6,8,11H2,1-3H3,(H,24,25). The summed E-state index contributed by atoms with van der Waals surface area (Å²) in [5, 5.41) is 4.63. The molecule has 6 nitrogen and oxygen atoms in total. The number of furan rings is 2. The molecule has 1 aromatic carbocycles. The van der Waals surface area contributed by atoms with E-state index < -0.39 is 5.63 Å². The molecule has 0 fully saturated rings. The van der Waals surface area contributed by atoms with Crippen LogP contribution in [0.1, 0.15) is 34.4 Å². The molecule has 1 amide bonds. The van der Waals surface area contributed by atoms with Gasteiger partial charge in [0.25, 0.3) is 0 Å². The fraction of sp³-hybridized carbons (Fsp3) is 0.304. The Morgan fingerprint density at radius 3 is 2.69 bits per heavy atom. The van der Waals surface area contributed by atoms with Gasteiger partial charge in [0.15, 0.2) is 0 Å². The lowest BCUT2D eigenvalue weighted by Crippen LogP contribution is -2.28. The largest absolute Gasteiger partial charge is 0.469 e. The van der Waals surface area contributed by atoms with Gasteiger partial charge in [-0.3, -0.25) is 4.79 Å². The molecule has 0 aliphatic heterocycles. The maximum Gasteiger partial charge on any atom is 0.340 e. The summed E-state index contributed by atoms with van der Waals surface area (Å²) in [6.07, 6.45) is 4.82. The first-order valence-corrected chi connectivity index (χ1v) is 9.68. The predicted molar refractivity (Wildman–Crippen MR) is 110 cm³/mol. The van der Waals surface area contributed by atoms with E-state index in [1.54, 1.807) is 12.5 Å². The third-order valence-corrected chi connectivity index (χ3v) is 5.31. The van der Waals surface area contributed by atoms with Gasteiger partial charge in [-0.05, 0) is 62.1 Å². The number of nitrogens with one attached hydrogen (secondary N) is 1. The molecule has 0 unspecified atom stereocenters. The summed E-state index contributed by atoms with van der Waals surface area (Å²) in [6.45, 7) is 6.30. The van der Waals surface area contributed by atoms with Crippen LogP contribution in [-0.2, 0) is 17.6 Å². The number of amides is 1. The van der Waals surface area contributed by atoms with E-state index >= 15 is 0 Å². The van der Waals surface area contributed by atoms with Gasteiger partial charge in [-0.2, -0.15) is 0 Å². The molecule has 0 aliphatic carbocycles. The summed E-state index contributed by atoms with van der Waals surface area (Å²) < 4.78 is 16.6. The number of aryl methyl sites for hydroxylation is 4. The van der Waals surface area contributed by atoms with E-state index in [1.807, 2.05) is 39.0 Å². The number of hydrogen-bond acceptors (Lipinski definition) is 5. The Balaban J connectivity index is 1.57. The zero-order chi connectivity index (χ0) is 20.5. The highest BCUT2D eigenvalue weighted by Crippen LogP contribution is 2.34. The van der Waals surface area contributed by atoms with Crippen LogP contribution in [0.2, 0.25) is 0 Å². The average Bonchev–Trinajstić information content (AvgIpc) is 3.32. The zero-order valence-corrected chi connectivity index (χ0v) is 16.8. The Morgan fingerprint density at radius 1 is 1.10 bits per heavy atom. The van der Waals surface area contributed by atoms with E-state index in [0.29, 0.717) is 23.3 Å². The Kier molecular flexibility index (Phi) is 5.01. The second-order valence-corrected chi connectivity index (χ2v) is 7.39. The van der Waals surface area contributed by atoms with Crippen molar-refractivity contribution in [2.24, 2.45) is 0 Å². The Morgan fingerprint density at radius 2 is 1.93 bits per heavy atom. The summed E-state index contributed by atoms with van der Waals surface area (Å²) in [6, 6.07) is 5.60. The highest BCUT2D eigenvalue weighted by atomic mass is 16.4. The van der Waals surface area contributed by atoms with E-state index in [9.17, 15) is 9.59 Å². The average molecular weight is 393 g/mol. The molecule has 0 saturated heterocycles. The lowest BCUT2D eigenvalue weighted by atomic mass is 9.99. The summed E-state index contributed by atoms with van der Waals surface area (Å²) >= 11 is 0. The maximum atomic E-state index is 12.5. The molecule has 0 bridgehead atoms. The van der Waals surface area contributed by atoms with Crippen molar-refractivity contribution >= 4 is 27.8 Å². The van der Waals surface area contributed by atoms with Gasteiger partial charge in [0, 0.05) is 18.4 Å². The predicted octanol–water partition coefficient (Wildman–Crippen LogP) is 4.35. The summed E-state index contributed by atoms with van der Waals surface area (Å²) in [5.41, 5.74) is 3.79. The van der Waals surface area contributed by atoms with Crippen LogP contribution in [0.3, 0.4) is 0 Å². The lowest BCUT2D eigenvalue weighted by molar-refractivity contribution is -0.120. The van der Waals surface area contributed by atoms with Gasteiger partial charge in [0.1, 0.15) is 16.9 Å². The Bertz CT molecular complexity index is 1240. The minimum atomic E-state index is -0.484. The van der Waals surface area contributed by atoms with Crippen molar-refractivity contribution < 1.29 is 18.0 Å². The quantitative estimate of drug-likeness (QED) is 0.389. The van der Waals surface area contributed by atoms with Crippen LogP contribution in [0.4, 0.5) is 0 Å². The van der Waals surface area contributed by atoms with Crippen molar-refractivity contribution in [3.63, 3.8) is 0 Å². The molecule has 0 radical (unpaired) electrons. The van der Waals surface area contributed by atoms with Gasteiger partial charge in [-0.1, -0.05) is 0 Å². The molecule has 0 spiro atoms. The highest BCUT2D eigenvalue weighted by molar-refractivity contribution is 6.07. The minimum Gasteiger partial charge on any atom is -0.469 e. The van der Waals surface area contributed by atoms with Crippen LogP contribution < -0.4 is 10.9 Å².